The van der Waals surface area contributed by atoms with Crippen LogP contribution >= 0.6 is 0 Å². The Morgan fingerprint density at radius 2 is 1.90 bits per heavy atom. The molecule has 20 heavy (non-hydrogen) atoms. The van der Waals surface area contributed by atoms with Crippen LogP contribution < -0.4 is 0 Å². The van der Waals surface area contributed by atoms with E-state index < -0.39 is 0 Å². The van der Waals surface area contributed by atoms with Crippen LogP contribution in [0.2, 0.25) is 0 Å². The van der Waals surface area contributed by atoms with Gasteiger partial charge in [0.15, 0.2) is 0 Å². The number of carbonyl (C=O) groups excluding carboxylic acids is 1. The van der Waals surface area contributed by atoms with Crippen LogP contribution in [0.15, 0.2) is 0 Å². The number of piperidine rings is 1. The normalized spacial score (nSPS) is 25.9. The first-order chi connectivity index (χ1) is 9.63. The van der Waals surface area contributed by atoms with E-state index in [1.807, 2.05) is 4.90 Å². The van der Waals surface area contributed by atoms with Gasteiger partial charge in [0, 0.05) is 25.8 Å². The highest BCUT2D eigenvalue weighted by Crippen LogP contribution is 2.26. The van der Waals surface area contributed by atoms with E-state index >= 15 is 0 Å². The molecule has 4 nitrogen and oxygen atoms in total. The standard InChI is InChI=1S/C16H30N2O2/c1-4-20-12-8-14-5-9-17(10-6-14)15-7-11-18(13(2)3)16(15)19/h13-15H,4-12H2,1-3H3/t15-/m0/s1. The molecule has 0 radical (unpaired) electrons. The zero-order chi connectivity index (χ0) is 14.5. The van der Waals surface area contributed by atoms with Crippen LogP contribution in [0.5, 0.6) is 0 Å². The summed E-state index contributed by atoms with van der Waals surface area (Å²) in [5.74, 6) is 1.14. The van der Waals surface area contributed by atoms with Gasteiger partial charge in [0.25, 0.3) is 0 Å². The van der Waals surface area contributed by atoms with Crippen molar-refractivity contribution in [2.24, 2.45) is 5.92 Å². The van der Waals surface area contributed by atoms with Crippen LogP contribution in [0.25, 0.3) is 0 Å². The molecule has 0 aromatic carbocycles. The molecule has 0 unspecified atom stereocenters. The molecule has 2 aliphatic heterocycles. The summed E-state index contributed by atoms with van der Waals surface area (Å²) in [4.78, 5) is 16.9. The quantitative estimate of drug-likeness (QED) is 0.700. The maximum absolute atomic E-state index is 12.4. The highest BCUT2D eigenvalue weighted by Gasteiger charge is 2.38. The average molecular weight is 282 g/mol. The van der Waals surface area contributed by atoms with Gasteiger partial charge in [-0.25, -0.2) is 0 Å². The summed E-state index contributed by atoms with van der Waals surface area (Å²) >= 11 is 0. The van der Waals surface area contributed by atoms with Gasteiger partial charge in [0.2, 0.25) is 5.91 Å². The molecule has 2 fully saturated rings. The maximum atomic E-state index is 12.4. The summed E-state index contributed by atoms with van der Waals surface area (Å²) in [6.07, 6.45) is 4.64. The molecule has 0 aromatic heterocycles. The Labute approximate surface area is 123 Å². The fourth-order valence-corrected chi connectivity index (χ4v) is 3.49. The fourth-order valence-electron chi connectivity index (χ4n) is 3.49. The second-order valence-corrected chi connectivity index (χ2v) is 6.39. The molecule has 0 aliphatic carbocycles. The SMILES string of the molecule is CCOCCC1CCN([C@H]2CCN(C(C)C)C2=O)CC1. The second-order valence-electron chi connectivity index (χ2n) is 6.39. The van der Waals surface area contributed by atoms with E-state index in [-0.39, 0.29) is 6.04 Å². The Balaban J connectivity index is 1.75. The zero-order valence-electron chi connectivity index (χ0n) is 13.3. The van der Waals surface area contributed by atoms with Crippen molar-refractivity contribution in [3.8, 4) is 0 Å². The molecule has 1 amide bonds. The highest BCUT2D eigenvalue weighted by molar-refractivity contribution is 5.84. The summed E-state index contributed by atoms with van der Waals surface area (Å²) in [7, 11) is 0. The van der Waals surface area contributed by atoms with Crippen molar-refractivity contribution in [2.75, 3.05) is 32.8 Å². The van der Waals surface area contributed by atoms with E-state index in [2.05, 4.69) is 25.7 Å². The van der Waals surface area contributed by atoms with Gasteiger partial charge in [-0.15, -0.1) is 0 Å². The Bertz CT molecular complexity index is 312. The number of hydrogen-bond donors (Lipinski definition) is 0. The molecule has 1 atom stereocenters. The molecule has 0 spiro atoms. The number of carbonyl (C=O) groups is 1. The van der Waals surface area contributed by atoms with Crippen LogP contribution in [-0.2, 0) is 9.53 Å². The molecule has 4 heteroatoms. The molecule has 2 rings (SSSR count). The molecule has 2 saturated heterocycles. The maximum Gasteiger partial charge on any atom is 0.240 e. The number of hydrogen-bond acceptors (Lipinski definition) is 3. The predicted octanol–water partition coefficient (Wildman–Crippen LogP) is 2.13. The number of ether oxygens (including phenoxy) is 1. The van der Waals surface area contributed by atoms with Crippen molar-refractivity contribution in [3.05, 3.63) is 0 Å². The lowest BCUT2D eigenvalue weighted by Crippen LogP contribution is -2.46. The Kier molecular flexibility index (Phi) is 5.85. The first kappa shape index (κ1) is 15.8. The minimum atomic E-state index is 0.158. The topological polar surface area (TPSA) is 32.8 Å². The van der Waals surface area contributed by atoms with Crippen molar-refractivity contribution in [3.63, 3.8) is 0 Å². The van der Waals surface area contributed by atoms with Crippen LogP contribution in [0, 0.1) is 5.92 Å². The van der Waals surface area contributed by atoms with Gasteiger partial charge in [-0.05, 0) is 65.5 Å². The third-order valence-corrected chi connectivity index (χ3v) is 4.80. The molecule has 0 N–H and O–H groups in total. The van der Waals surface area contributed by atoms with E-state index in [1.165, 1.54) is 19.3 Å². The van der Waals surface area contributed by atoms with E-state index in [0.717, 1.165) is 45.2 Å². The Hall–Kier alpha value is -0.610. The van der Waals surface area contributed by atoms with E-state index in [0.29, 0.717) is 11.9 Å². The lowest BCUT2D eigenvalue weighted by Gasteiger charge is -2.35. The van der Waals surface area contributed by atoms with E-state index in [4.69, 9.17) is 4.74 Å². The summed E-state index contributed by atoms with van der Waals surface area (Å²) in [6, 6.07) is 0.501. The minimum absolute atomic E-state index is 0.158. The molecule has 116 valence electrons. The van der Waals surface area contributed by atoms with Gasteiger partial charge in [-0.3, -0.25) is 9.69 Å². The molecular formula is C16H30N2O2. The van der Waals surface area contributed by atoms with Crippen LogP contribution in [0.1, 0.15) is 46.5 Å². The van der Waals surface area contributed by atoms with Gasteiger partial charge in [-0.1, -0.05) is 0 Å². The number of nitrogens with zero attached hydrogens (tertiary/aromatic N) is 2. The third kappa shape index (κ3) is 3.73. The average Bonchev–Trinajstić information content (AvgIpc) is 2.82. The third-order valence-electron chi connectivity index (χ3n) is 4.80. The lowest BCUT2D eigenvalue weighted by molar-refractivity contribution is -0.134. The van der Waals surface area contributed by atoms with Crippen molar-refractivity contribution in [1.29, 1.82) is 0 Å². The second kappa shape index (κ2) is 7.41. The summed E-state index contributed by atoms with van der Waals surface area (Å²) < 4.78 is 5.45. The lowest BCUT2D eigenvalue weighted by atomic mass is 9.93. The molecule has 0 bridgehead atoms. The van der Waals surface area contributed by atoms with Crippen LogP contribution in [0.3, 0.4) is 0 Å². The van der Waals surface area contributed by atoms with Gasteiger partial charge >= 0.3 is 0 Å². The van der Waals surface area contributed by atoms with Gasteiger partial charge < -0.3 is 9.64 Å². The molecule has 0 aromatic rings. The van der Waals surface area contributed by atoms with E-state index in [1.54, 1.807) is 0 Å². The smallest absolute Gasteiger partial charge is 0.240 e. The monoisotopic (exact) mass is 282 g/mol. The number of likely N-dealkylation sites (tertiary alicyclic amines) is 2. The first-order valence-corrected chi connectivity index (χ1v) is 8.25. The molecule has 2 heterocycles. The van der Waals surface area contributed by atoms with Gasteiger partial charge in [0.05, 0.1) is 6.04 Å². The summed E-state index contributed by atoms with van der Waals surface area (Å²) in [5, 5.41) is 0. The van der Waals surface area contributed by atoms with Crippen molar-refractivity contribution < 1.29 is 9.53 Å². The molecule has 0 saturated carbocycles. The Morgan fingerprint density at radius 1 is 1.20 bits per heavy atom. The zero-order valence-corrected chi connectivity index (χ0v) is 13.3. The van der Waals surface area contributed by atoms with Crippen LogP contribution in [0.4, 0.5) is 0 Å². The molecular weight excluding hydrogens is 252 g/mol. The predicted molar refractivity (Wildman–Crippen MR) is 80.7 cm³/mol. The highest BCUT2D eigenvalue weighted by atomic mass is 16.5. The van der Waals surface area contributed by atoms with Gasteiger partial charge in [-0.2, -0.15) is 0 Å². The summed E-state index contributed by atoms with van der Waals surface area (Å²) in [5.41, 5.74) is 0. The Morgan fingerprint density at radius 3 is 2.45 bits per heavy atom. The van der Waals surface area contributed by atoms with E-state index in [9.17, 15) is 4.79 Å². The summed E-state index contributed by atoms with van der Waals surface area (Å²) in [6.45, 7) is 11.1. The van der Waals surface area contributed by atoms with Crippen molar-refractivity contribution in [2.45, 2.75) is 58.5 Å². The molecule has 2 aliphatic rings. The van der Waals surface area contributed by atoms with Crippen molar-refractivity contribution >= 4 is 5.91 Å². The first-order valence-electron chi connectivity index (χ1n) is 8.25. The minimum Gasteiger partial charge on any atom is -0.382 e. The van der Waals surface area contributed by atoms with Gasteiger partial charge in [0.1, 0.15) is 0 Å². The van der Waals surface area contributed by atoms with Crippen LogP contribution in [-0.4, -0.2) is 60.6 Å². The number of amides is 1. The number of rotatable bonds is 6. The van der Waals surface area contributed by atoms with Crippen molar-refractivity contribution in [1.82, 2.24) is 9.80 Å². The fraction of sp³-hybridized carbons (Fsp3) is 0.938. The largest absolute Gasteiger partial charge is 0.382 e.